The van der Waals surface area contributed by atoms with Crippen molar-refractivity contribution in [1.29, 1.82) is 0 Å². The van der Waals surface area contributed by atoms with Gasteiger partial charge in [0.25, 0.3) is 0 Å². The highest BCUT2D eigenvalue weighted by molar-refractivity contribution is 6.10. The van der Waals surface area contributed by atoms with Gasteiger partial charge in [0.15, 0.2) is 0 Å². The lowest BCUT2D eigenvalue weighted by Crippen LogP contribution is -1.92. The van der Waals surface area contributed by atoms with E-state index in [9.17, 15) is 0 Å². The summed E-state index contributed by atoms with van der Waals surface area (Å²) in [5, 5.41) is 2.20. The molecule has 0 aliphatic rings. The summed E-state index contributed by atoms with van der Waals surface area (Å²) in [5.74, 6) is 0. The Kier molecular flexibility index (Phi) is 12.2. The average Bonchev–Trinajstić information content (AvgIpc) is 3.96. The third-order valence-electron chi connectivity index (χ3n) is 15.1. The molecule has 0 fully saturated rings. The lowest BCUT2D eigenvalue weighted by Gasteiger charge is -2.18. The van der Waals surface area contributed by atoms with Crippen LogP contribution in [0, 0.1) is 0 Å². The fraction of sp³-hybridized carbons (Fsp3) is 0. The molecule has 0 aliphatic heterocycles. The maximum Gasteiger partial charge on any atom is 0.143 e. The minimum atomic E-state index is 0.872. The predicted molar refractivity (Wildman–Crippen MR) is 327 cm³/mol. The summed E-state index contributed by atoms with van der Waals surface area (Å²) in [6, 6.07) is 99.4. The van der Waals surface area contributed by atoms with Crippen molar-refractivity contribution < 1.29 is 4.42 Å². The Labute approximate surface area is 459 Å². The monoisotopic (exact) mass is 1010 g/mol. The summed E-state index contributed by atoms with van der Waals surface area (Å²) < 4.78 is 6.69. The van der Waals surface area contributed by atoms with E-state index >= 15 is 0 Å². The first-order valence-corrected chi connectivity index (χ1v) is 26.7. The third-order valence-corrected chi connectivity index (χ3v) is 15.1. The molecule has 0 N–H and O–H groups in total. The summed E-state index contributed by atoms with van der Waals surface area (Å²) in [4.78, 5) is 14.1. The number of hydrogen-bond acceptors (Lipinski definition) is 4. The molecule has 0 unspecified atom stereocenters. The molecular weight excluding hydrogens is 959 g/mol. The van der Waals surface area contributed by atoms with Crippen molar-refractivity contribution in [3.63, 3.8) is 0 Å². The second kappa shape index (κ2) is 20.5. The number of benzene rings is 10. The average molecular weight is 1010 g/mol. The summed E-state index contributed by atoms with van der Waals surface area (Å²) >= 11 is 0. The van der Waals surface area contributed by atoms with Gasteiger partial charge in [-0.05, 0) is 150 Å². The fourth-order valence-corrected chi connectivity index (χ4v) is 11.2. The molecule has 0 spiro atoms. The van der Waals surface area contributed by atoms with Crippen molar-refractivity contribution in [2.75, 3.05) is 0 Å². The zero-order valence-electron chi connectivity index (χ0n) is 43.0. The number of fused-ring (bicyclic) bond motifs is 3. The Morgan fingerprint density at radius 2 is 0.608 bits per heavy atom. The van der Waals surface area contributed by atoms with Crippen LogP contribution in [0.4, 0.5) is 0 Å². The van der Waals surface area contributed by atoms with Crippen LogP contribution in [0.1, 0.15) is 0 Å². The first kappa shape index (κ1) is 46.9. The van der Waals surface area contributed by atoms with Crippen molar-refractivity contribution in [2.45, 2.75) is 0 Å². The van der Waals surface area contributed by atoms with Gasteiger partial charge in [0, 0.05) is 51.6 Å². The van der Waals surface area contributed by atoms with Crippen LogP contribution in [-0.4, -0.2) is 15.0 Å². The largest absolute Gasteiger partial charge is 0.455 e. The Morgan fingerprint density at radius 1 is 0.203 bits per heavy atom. The molecular formula is C75H49N3O. The van der Waals surface area contributed by atoms with Crippen molar-refractivity contribution in [2.24, 2.45) is 0 Å². The van der Waals surface area contributed by atoms with E-state index in [1.807, 2.05) is 48.9 Å². The summed E-state index contributed by atoms with van der Waals surface area (Å²) in [5.41, 5.74) is 25.8. The number of aromatic nitrogens is 3. The number of rotatable bonds is 11. The van der Waals surface area contributed by atoms with Gasteiger partial charge in [-0.1, -0.05) is 212 Å². The lowest BCUT2D eigenvalue weighted by atomic mass is 9.86. The maximum atomic E-state index is 6.69. The highest BCUT2D eigenvalue weighted by Gasteiger charge is 2.18. The van der Waals surface area contributed by atoms with Gasteiger partial charge < -0.3 is 4.42 Å². The molecule has 4 aromatic heterocycles. The highest BCUT2D eigenvalue weighted by atomic mass is 16.3. The molecule has 0 bridgehead atoms. The molecule has 4 heterocycles. The van der Waals surface area contributed by atoms with Gasteiger partial charge in [-0.2, -0.15) is 0 Å². The molecule has 0 saturated heterocycles. The molecule has 370 valence electrons. The van der Waals surface area contributed by atoms with Crippen molar-refractivity contribution in [3.8, 4) is 123 Å². The number of para-hydroxylation sites is 1. The molecule has 0 amide bonds. The zero-order valence-corrected chi connectivity index (χ0v) is 43.0. The number of hydrogen-bond donors (Lipinski definition) is 0. The zero-order chi connectivity index (χ0) is 52.5. The van der Waals surface area contributed by atoms with Crippen LogP contribution < -0.4 is 0 Å². The van der Waals surface area contributed by atoms with E-state index in [-0.39, 0.29) is 0 Å². The van der Waals surface area contributed by atoms with Crippen LogP contribution in [0.25, 0.3) is 145 Å². The van der Waals surface area contributed by atoms with Crippen molar-refractivity contribution in [3.05, 3.63) is 298 Å². The Morgan fingerprint density at radius 3 is 1.09 bits per heavy atom. The Balaban J connectivity index is 0.842. The SMILES string of the molecule is c1ccc(-c2ccc3c(c2)oc2c(-c4ccnc(-c5ccc(-c6ccccc6-c6cc(-c7ccccc7-c7ccc(-c8ccccn8)cc7)cc(-c7ccccc7-c7ccc(-c8ccccn8)cc7)c6)cc5)c4)cccc23)cc1. The van der Waals surface area contributed by atoms with Crippen LogP contribution in [0.2, 0.25) is 0 Å². The van der Waals surface area contributed by atoms with Gasteiger partial charge >= 0.3 is 0 Å². The molecule has 14 rings (SSSR count). The smallest absolute Gasteiger partial charge is 0.143 e. The van der Waals surface area contributed by atoms with Crippen LogP contribution in [-0.2, 0) is 0 Å². The van der Waals surface area contributed by atoms with Gasteiger partial charge in [-0.25, -0.2) is 0 Å². The number of nitrogens with zero attached hydrogens (tertiary/aromatic N) is 3. The van der Waals surface area contributed by atoms with E-state index in [1.165, 1.54) is 0 Å². The van der Waals surface area contributed by atoms with Crippen molar-refractivity contribution >= 4 is 21.9 Å². The minimum absolute atomic E-state index is 0.872. The molecule has 14 aromatic rings. The second-order valence-corrected chi connectivity index (χ2v) is 19.9. The lowest BCUT2D eigenvalue weighted by molar-refractivity contribution is 0.670. The third kappa shape index (κ3) is 9.18. The molecule has 4 nitrogen and oxygen atoms in total. The molecule has 79 heavy (non-hydrogen) atoms. The molecule has 10 aromatic carbocycles. The van der Waals surface area contributed by atoms with Gasteiger partial charge in [-0.3, -0.25) is 15.0 Å². The van der Waals surface area contributed by atoms with Crippen LogP contribution >= 0.6 is 0 Å². The molecule has 4 heteroatoms. The van der Waals surface area contributed by atoms with Crippen LogP contribution in [0.5, 0.6) is 0 Å². The topological polar surface area (TPSA) is 51.8 Å². The quantitative estimate of drug-likeness (QED) is 0.130. The predicted octanol–water partition coefficient (Wildman–Crippen LogP) is 20.1. The summed E-state index contributed by atoms with van der Waals surface area (Å²) in [6.45, 7) is 0. The van der Waals surface area contributed by atoms with Crippen LogP contribution in [0.3, 0.4) is 0 Å². The van der Waals surface area contributed by atoms with Gasteiger partial charge in [0.1, 0.15) is 11.2 Å². The van der Waals surface area contributed by atoms with Crippen molar-refractivity contribution in [1.82, 2.24) is 15.0 Å². The molecule has 0 aliphatic carbocycles. The highest BCUT2D eigenvalue weighted by Crippen LogP contribution is 2.44. The molecule has 0 radical (unpaired) electrons. The standard InChI is InChI=1S/C75H49N3O/c1-2-15-50(16-3-1)57-39-40-69-70-24-14-23-68(75(70)79-74(69)49-57)58-41-44-78-73(48-58)56-37-31-53(32-38-56)64-19-6-9-22-67(64)61-46-59(65-20-7-4-17-62(65)51-27-33-54(34-28-51)71-25-10-12-42-76-71)45-60(47-61)66-21-8-5-18-63(66)52-29-35-55(36-30-52)72-26-11-13-43-77-72/h1-49H. The Bertz CT molecular complexity index is 4350. The summed E-state index contributed by atoms with van der Waals surface area (Å²) in [7, 11) is 0. The van der Waals surface area contributed by atoms with E-state index in [0.717, 1.165) is 145 Å². The number of pyridine rings is 3. The first-order chi connectivity index (χ1) is 39.1. The van der Waals surface area contributed by atoms with E-state index in [1.54, 1.807) is 0 Å². The molecule has 0 atom stereocenters. The maximum absolute atomic E-state index is 6.69. The van der Waals surface area contributed by atoms with E-state index in [4.69, 9.17) is 9.40 Å². The van der Waals surface area contributed by atoms with Gasteiger partial charge in [-0.15, -0.1) is 0 Å². The fourth-order valence-electron chi connectivity index (χ4n) is 11.2. The van der Waals surface area contributed by atoms with E-state index in [2.05, 4.69) is 259 Å². The number of furan rings is 1. The van der Waals surface area contributed by atoms with E-state index < -0.39 is 0 Å². The minimum Gasteiger partial charge on any atom is -0.455 e. The van der Waals surface area contributed by atoms with Gasteiger partial charge in [0.2, 0.25) is 0 Å². The molecule has 0 saturated carbocycles. The normalized spacial score (nSPS) is 11.3. The first-order valence-electron chi connectivity index (χ1n) is 26.7. The van der Waals surface area contributed by atoms with Gasteiger partial charge in [0.05, 0.1) is 17.1 Å². The van der Waals surface area contributed by atoms with E-state index in [0.29, 0.717) is 0 Å². The van der Waals surface area contributed by atoms with Crippen LogP contribution in [0.15, 0.2) is 302 Å². The second-order valence-electron chi connectivity index (χ2n) is 19.9. The summed E-state index contributed by atoms with van der Waals surface area (Å²) in [6.07, 6.45) is 5.59. The Hall–Kier alpha value is -10.6.